The number of nitrogen functional groups attached to an aromatic ring is 1. The van der Waals surface area contributed by atoms with Gasteiger partial charge in [-0.1, -0.05) is 26.8 Å². The van der Waals surface area contributed by atoms with Gasteiger partial charge in [0.25, 0.3) is 0 Å². The molecule has 4 aromatic rings. The first kappa shape index (κ1) is 26.7. The molecule has 0 amide bonds. The zero-order valence-electron chi connectivity index (χ0n) is 23.7. The first-order valence-corrected chi connectivity index (χ1v) is 13.9. The summed E-state index contributed by atoms with van der Waals surface area (Å²) in [4.78, 5) is 8.90. The fourth-order valence-corrected chi connectivity index (χ4v) is 6.32. The number of hydrogen-bond donors (Lipinski definition) is 3. The lowest BCUT2D eigenvalue weighted by Crippen LogP contribution is -2.29. The van der Waals surface area contributed by atoms with E-state index in [-0.39, 0.29) is 40.1 Å². The number of pyridine rings is 1. The van der Waals surface area contributed by atoms with Crippen LogP contribution in [0.25, 0.3) is 5.69 Å². The van der Waals surface area contributed by atoms with Crippen LogP contribution in [0.5, 0.6) is 34.8 Å². The molecule has 2 aliphatic rings. The molecule has 0 aliphatic heterocycles. The molecule has 0 spiro atoms. The number of nitrogens with two attached hydrogens (primary N) is 1. The highest BCUT2D eigenvalue weighted by Crippen LogP contribution is 2.70. The van der Waals surface area contributed by atoms with E-state index in [2.05, 4.69) is 30.7 Å². The number of ether oxygens (including phenoxy) is 3. The van der Waals surface area contributed by atoms with Crippen LogP contribution in [0.3, 0.4) is 0 Å². The molecule has 2 saturated carbocycles. The lowest BCUT2D eigenvalue weighted by molar-refractivity contribution is 0.0929. The number of aromatic nitrogens is 3. The normalized spacial score (nSPS) is 22.4. The van der Waals surface area contributed by atoms with E-state index >= 15 is 0 Å². The highest BCUT2D eigenvalue weighted by atomic mass is 16.5. The summed E-state index contributed by atoms with van der Waals surface area (Å²) in [5.74, 6) is 3.54. The predicted molar refractivity (Wildman–Crippen MR) is 155 cm³/mol. The first-order valence-electron chi connectivity index (χ1n) is 13.9. The molecule has 6 rings (SSSR count). The molecular formula is C32H35N5O4. The summed E-state index contributed by atoms with van der Waals surface area (Å²) in [6, 6.07) is 15.7. The van der Waals surface area contributed by atoms with Gasteiger partial charge < -0.3 is 29.6 Å². The van der Waals surface area contributed by atoms with Crippen LogP contribution in [0, 0.1) is 29.6 Å². The lowest BCUT2D eigenvalue weighted by atomic mass is 9.89. The van der Waals surface area contributed by atoms with Crippen molar-refractivity contribution in [2.75, 3.05) is 0 Å². The predicted octanol–water partition coefficient (Wildman–Crippen LogP) is 6.74. The number of phenols is 1. The molecule has 4 N–H and O–H groups in total. The van der Waals surface area contributed by atoms with Gasteiger partial charge >= 0.3 is 0 Å². The maximum Gasteiger partial charge on any atom is 0.226 e. The standard InChI is InChI=1S/C32H35N5O4/c1-19-10-11-32(27(14-19)31(32,3)4)41-24-17-28(39-23-7-5-6-22(16-23)37-13-12-35-20(37)2)36-29(18-24)40-26-15-21(30(33)34)8-9-25(26)38/h5-9,12-13,15-19,27,38H,10-11,14H2,1-4H3,(H3,33,34). The Kier molecular flexibility index (Phi) is 6.40. The topological polar surface area (TPSA) is 128 Å². The van der Waals surface area contributed by atoms with E-state index in [1.54, 1.807) is 24.4 Å². The number of amidine groups is 1. The highest BCUT2D eigenvalue weighted by Gasteiger charge is 2.74. The highest BCUT2D eigenvalue weighted by molar-refractivity contribution is 5.95. The average molecular weight is 554 g/mol. The second-order valence-corrected chi connectivity index (χ2v) is 11.8. The van der Waals surface area contributed by atoms with Crippen LogP contribution >= 0.6 is 0 Å². The van der Waals surface area contributed by atoms with E-state index in [1.165, 1.54) is 12.1 Å². The minimum absolute atomic E-state index is 0.0498. The molecule has 2 heterocycles. The molecule has 0 saturated heterocycles. The van der Waals surface area contributed by atoms with Crippen LogP contribution in [-0.4, -0.2) is 31.1 Å². The smallest absolute Gasteiger partial charge is 0.226 e. The summed E-state index contributed by atoms with van der Waals surface area (Å²) >= 11 is 0. The molecular weight excluding hydrogens is 518 g/mol. The summed E-state index contributed by atoms with van der Waals surface area (Å²) in [6.45, 7) is 8.80. The molecule has 3 unspecified atom stereocenters. The Morgan fingerprint density at radius 2 is 1.85 bits per heavy atom. The van der Waals surface area contributed by atoms with E-state index in [9.17, 15) is 5.11 Å². The van der Waals surface area contributed by atoms with Crippen molar-refractivity contribution in [3.8, 4) is 40.4 Å². The van der Waals surface area contributed by atoms with E-state index in [4.69, 9.17) is 25.4 Å². The Bertz CT molecular complexity index is 1630. The Labute approximate surface area is 239 Å². The van der Waals surface area contributed by atoms with Gasteiger partial charge in [-0.2, -0.15) is 4.98 Å². The number of hydrogen-bond acceptors (Lipinski definition) is 7. The fraction of sp³-hybridized carbons (Fsp3) is 0.344. The van der Waals surface area contributed by atoms with Crippen molar-refractivity contribution in [2.24, 2.45) is 23.0 Å². The Morgan fingerprint density at radius 1 is 1.07 bits per heavy atom. The Hall–Kier alpha value is -4.53. The quantitative estimate of drug-likeness (QED) is 0.163. The fourth-order valence-electron chi connectivity index (χ4n) is 6.32. The van der Waals surface area contributed by atoms with Crippen LogP contribution in [0.1, 0.15) is 51.4 Å². The van der Waals surface area contributed by atoms with Gasteiger partial charge in [0.05, 0.1) is 5.69 Å². The number of imidazole rings is 1. The molecule has 0 radical (unpaired) electrons. The molecule has 9 heteroatoms. The number of aryl methyl sites for hydroxylation is 1. The number of fused-ring (bicyclic) bond motifs is 1. The monoisotopic (exact) mass is 553 g/mol. The molecule has 3 atom stereocenters. The van der Waals surface area contributed by atoms with Crippen molar-refractivity contribution in [1.82, 2.24) is 14.5 Å². The minimum atomic E-state index is -0.259. The summed E-state index contributed by atoms with van der Waals surface area (Å²) in [6.07, 6.45) is 6.88. The third kappa shape index (κ3) is 4.85. The molecule has 212 valence electrons. The minimum Gasteiger partial charge on any atom is -0.504 e. The van der Waals surface area contributed by atoms with E-state index < -0.39 is 0 Å². The van der Waals surface area contributed by atoms with Crippen molar-refractivity contribution in [1.29, 1.82) is 5.41 Å². The first-order chi connectivity index (χ1) is 19.6. The van der Waals surface area contributed by atoms with Crippen LogP contribution in [0.4, 0.5) is 0 Å². The van der Waals surface area contributed by atoms with Gasteiger partial charge in [0, 0.05) is 47.5 Å². The van der Waals surface area contributed by atoms with Gasteiger partial charge in [-0.05, 0) is 62.4 Å². The molecule has 0 bridgehead atoms. The summed E-state index contributed by atoms with van der Waals surface area (Å²) in [5.41, 5.74) is 6.78. The third-order valence-corrected chi connectivity index (χ3v) is 8.77. The summed E-state index contributed by atoms with van der Waals surface area (Å²) in [5, 5.41) is 18.2. The maximum atomic E-state index is 10.5. The van der Waals surface area contributed by atoms with E-state index in [0.29, 0.717) is 28.9 Å². The van der Waals surface area contributed by atoms with Crippen molar-refractivity contribution in [2.45, 2.75) is 52.6 Å². The van der Waals surface area contributed by atoms with Crippen LogP contribution in [0.15, 0.2) is 67.0 Å². The molecule has 2 aromatic carbocycles. The van der Waals surface area contributed by atoms with Gasteiger partial charge in [0.2, 0.25) is 11.8 Å². The van der Waals surface area contributed by atoms with Crippen molar-refractivity contribution in [3.63, 3.8) is 0 Å². The second-order valence-electron chi connectivity index (χ2n) is 11.8. The van der Waals surface area contributed by atoms with E-state index in [0.717, 1.165) is 30.8 Å². The van der Waals surface area contributed by atoms with Gasteiger partial charge in [-0.15, -0.1) is 0 Å². The molecule has 9 nitrogen and oxygen atoms in total. The lowest BCUT2D eigenvalue weighted by Gasteiger charge is -2.28. The average Bonchev–Trinajstić information content (AvgIpc) is 3.18. The molecule has 41 heavy (non-hydrogen) atoms. The summed E-state index contributed by atoms with van der Waals surface area (Å²) < 4.78 is 21.1. The van der Waals surface area contributed by atoms with Gasteiger partial charge in [-0.3, -0.25) is 5.41 Å². The van der Waals surface area contributed by atoms with Crippen LogP contribution in [-0.2, 0) is 0 Å². The number of nitrogens with zero attached hydrogens (tertiary/aromatic N) is 3. The number of phenolic OH excluding ortho intramolecular Hbond substituents is 1. The molecule has 2 fully saturated rings. The largest absolute Gasteiger partial charge is 0.504 e. The number of aromatic hydroxyl groups is 1. The maximum absolute atomic E-state index is 10.5. The second kappa shape index (κ2) is 9.83. The van der Waals surface area contributed by atoms with Crippen molar-refractivity contribution < 1.29 is 19.3 Å². The van der Waals surface area contributed by atoms with Crippen molar-refractivity contribution >= 4 is 5.84 Å². The van der Waals surface area contributed by atoms with Crippen molar-refractivity contribution in [3.05, 3.63) is 78.4 Å². The Morgan fingerprint density at radius 3 is 2.56 bits per heavy atom. The third-order valence-electron chi connectivity index (χ3n) is 8.77. The zero-order valence-corrected chi connectivity index (χ0v) is 23.7. The summed E-state index contributed by atoms with van der Waals surface area (Å²) in [7, 11) is 0. The van der Waals surface area contributed by atoms with Gasteiger partial charge in [0.1, 0.15) is 28.8 Å². The Balaban J connectivity index is 1.35. The van der Waals surface area contributed by atoms with Gasteiger partial charge in [-0.25, -0.2) is 4.98 Å². The number of benzene rings is 2. The molecule has 2 aromatic heterocycles. The number of rotatable bonds is 8. The SMILES string of the molecule is Cc1nccn1-c1cccc(Oc2cc(OC34CCC(C)CC3C4(C)C)cc(Oc3cc(C(=N)N)ccc3O)n2)c1. The van der Waals surface area contributed by atoms with Gasteiger partial charge in [0.15, 0.2) is 11.5 Å². The van der Waals surface area contributed by atoms with E-state index in [1.807, 2.05) is 42.0 Å². The van der Waals surface area contributed by atoms with Crippen LogP contribution in [0.2, 0.25) is 0 Å². The zero-order chi connectivity index (χ0) is 28.9. The molecule has 2 aliphatic carbocycles. The van der Waals surface area contributed by atoms with Crippen LogP contribution < -0.4 is 19.9 Å². The number of nitrogens with one attached hydrogen (secondary N) is 1.